The zero-order chi connectivity index (χ0) is 14.1. The molecule has 4 nitrogen and oxygen atoms in total. The smallest absolute Gasteiger partial charge is 0.268 e. The van der Waals surface area contributed by atoms with Crippen LogP contribution in [0.25, 0.3) is 10.8 Å². The normalized spacial score (nSPS) is 10.9. The van der Waals surface area contributed by atoms with Crippen molar-refractivity contribution in [3.63, 3.8) is 0 Å². The van der Waals surface area contributed by atoms with Crippen molar-refractivity contribution in [2.75, 3.05) is 5.73 Å². The first-order valence-electron chi connectivity index (χ1n) is 5.74. The molecule has 0 fully saturated rings. The van der Waals surface area contributed by atoms with E-state index in [1.54, 1.807) is 18.2 Å². The summed E-state index contributed by atoms with van der Waals surface area (Å²) in [7, 11) is 0. The Morgan fingerprint density at radius 2 is 2.05 bits per heavy atom. The molecule has 0 saturated heterocycles. The Balaban J connectivity index is 1.84. The third-order valence-electron chi connectivity index (χ3n) is 2.67. The van der Waals surface area contributed by atoms with Crippen molar-refractivity contribution < 1.29 is 4.52 Å². The molecule has 0 bridgehead atoms. The highest BCUT2D eigenvalue weighted by molar-refractivity contribution is 7.19. The highest BCUT2D eigenvalue weighted by Gasteiger charge is 2.12. The van der Waals surface area contributed by atoms with Gasteiger partial charge in [0.1, 0.15) is 0 Å². The topological polar surface area (TPSA) is 64.9 Å². The summed E-state index contributed by atoms with van der Waals surface area (Å²) in [5, 5.41) is 5.84. The van der Waals surface area contributed by atoms with E-state index in [1.807, 2.05) is 12.1 Å². The second kappa shape index (κ2) is 5.44. The van der Waals surface area contributed by atoms with Gasteiger partial charge in [-0.3, -0.25) is 0 Å². The number of nitrogens with zero attached hydrogens (tertiary/aromatic N) is 2. The number of aromatic nitrogens is 2. The predicted molar refractivity (Wildman–Crippen MR) is 81.3 cm³/mol. The number of halogens is 2. The van der Waals surface area contributed by atoms with Gasteiger partial charge in [0.15, 0.2) is 5.82 Å². The fourth-order valence-corrected chi connectivity index (χ4v) is 2.90. The van der Waals surface area contributed by atoms with Crippen LogP contribution in [0.5, 0.6) is 0 Å². The minimum atomic E-state index is 0.465. The van der Waals surface area contributed by atoms with Crippen molar-refractivity contribution in [3.05, 3.63) is 51.8 Å². The Morgan fingerprint density at radius 3 is 2.75 bits per heavy atom. The Morgan fingerprint density at radius 1 is 1.20 bits per heavy atom. The molecular formula is C13H9Cl2N3OS. The third kappa shape index (κ3) is 2.80. The van der Waals surface area contributed by atoms with E-state index in [4.69, 9.17) is 33.5 Å². The van der Waals surface area contributed by atoms with Gasteiger partial charge in [0.05, 0.1) is 9.88 Å². The summed E-state index contributed by atoms with van der Waals surface area (Å²) in [4.78, 5) is 5.19. The minimum Gasteiger partial charge on any atom is -0.391 e. The maximum absolute atomic E-state index is 6.12. The zero-order valence-corrected chi connectivity index (χ0v) is 12.5. The average molecular weight is 326 g/mol. The summed E-state index contributed by atoms with van der Waals surface area (Å²) in [5.74, 6) is 1.03. The highest BCUT2D eigenvalue weighted by Crippen LogP contribution is 2.29. The first-order chi connectivity index (χ1) is 9.61. The Bertz CT molecular complexity index is 754. The van der Waals surface area contributed by atoms with E-state index in [0.29, 0.717) is 33.2 Å². The van der Waals surface area contributed by atoms with Gasteiger partial charge in [0.2, 0.25) is 0 Å². The second-order valence-corrected chi connectivity index (χ2v) is 6.09. The van der Waals surface area contributed by atoms with Crippen LogP contribution >= 0.6 is 34.5 Å². The number of nitrogen functional groups attached to an aromatic ring is 1. The van der Waals surface area contributed by atoms with Crippen molar-refractivity contribution >= 4 is 39.5 Å². The summed E-state index contributed by atoms with van der Waals surface area (Å²) >= 11 is 13.4. The maximum atomic E-state index is 6.12. The summed E-state index contributed by atoms with van der Waals surface area (Å²) < 4.78 is 5.22. The van der Waals surface area contributed by atoms with Crippen molar-refractivity contribution in [1.82, 2.24) is 10.1 Å². The molecule has 0 aliphatic carbocycles. The lowest BCUT2D eigenvalue weighted by Gasteiger charge is -2.00. The number of benzene rings is 1. The fourth-order valence-electron chi connectivity index (χ4n) is 1.73. The Hall–Kier alpha value is -1.56. The molecule has 2 N–H and O–H groups in total. The second-order valence-electron chi connectivity index (χ2n) is 4.13. The largest absolute Gasteiger partial charge is 0.391 e. The molecule has 2 heterocycles. The van der Waals surface area contributed by atoms with Crippen LogP contribution in [0, 0.1) is 0 Å². The molecule has 0 spiro atoms. The first-order valence-corrected chi connectivity index (χ1v) is 7.31. The van der Waals surface area contributed by atoms with Gasteiger partial charge >= 0.3 is 0 Å². The van der Waals surface area contributed by atoms with Crippen molar-refractivity contribution in [1.29, 1.82) is 0 Å². The molecule has 0 aliphatic heterocycles. The van der Waals surface area contributed by atoms with Gasteiger partial charge in [0.25, 0.3) is 5.89 Å². The molecule has 20 heavy (non-hydrogen) atoms. The van der Waals surface area contributed by atoms with Crippen LogP contribution in [0.3, 0.4) is 0 Å². The van der Waals surface area contributed by atoms with E-state index >= 15 is 0 Å². The number of rotatable bonds is 3. The predicted octanol–water partition coefficient (Wildman–Crippen LogP) is 4.28. The van der Waals surface area contributed by atoms with Gasteiger partial charge in [0, 0.05) is 16.5 Å². The molecule has 102 valence electrons. The highest BCUT2D eigenvalue weighted by atomic mass is 35.5. The molecule has 0 amide bonds. The van der Waals surface area contributed by atoms with Crippen molar-refractivity contribution in [3.8, 4) is 10.8 Å². The Kier molecular flexibility index (Phi) is 3.65. The van der Waals surface area contributed by atoms with Gasteiger partial charge < -0.3 is 10.3 Å². The van der Waals surface area contributed by atoms with E-state index in [2.05, 4.69) is 10.1 Å². The van der Waals surface area contributed by atoms with Crippen molar-refractivity contribution in [2.24, 2.45) is 0 Å². The molecular weight excluding hydrogens is 317 g/mol. The van der Waals surface area contributed by atoms with Gasteiger partial charge in [-0.25, -0.2) is 0 Å². The van der Waals surface area contributed by atoms with Crippen LogP contribution in [-0.4, -0.2) is 10.1 Å². The SMILES string of the molecule is Nc1ccc(-c2nc(Cc3ccc(Cl)cc3Cl)no2)s1. The van der Waals surface area contributed by atoms with Crippen LogP contribution in [0.15, 0.2) is 34.9 Å². The molecule has 3 aromatic rings. The van der Waals surface area contributed by atoms with E-state index in [1.165, 1.54) is 11.3 Å². The van der Waals surface area contributed by atoms with Crippen LogP contribution < -0.4 is 5.73 Å². The number of hydrogen-bond donors (Lipinski definition) is 1. The lowest BCUT2D eigenvalue weighted by Crippen LogP contribution is -1.91. The van der Waals surface area contributed by atoms with Crippen LogP contribution in [-0.2, 0) is 6.42 Å². The molecule has 0 atom stereocenters. The maximum Gasteiger partial charge on any atom is 0.268 e. The number of thiophene rings is 1. The van der Waals surface area contributed by atoms with E-state index in [-0.39, 0.29) is 0 Å². The van der Waals surface area contributed by atoms with Crippen LogP contribution in [0.4, 0.5) is 5.00 Å². The third-order valence-corrected chi connectivity index (χ3v) is 4.16. The standard InChI is InChI=1S/C13H9Cl2N3OS/c14-8-2-1-7(9(15)6-8)5-12-17-13(19-18-12)10-3-4-11(16)20-10/h1-4,6H,5,16H2. The molecule has 2 aromatic heterocycles. The summed E-state index contributed by atoms with van der Waals surface area (Å²) in [6, 6.07) is 8.99. The molecule has 0 saturated carbocycles. The zero-order valence-electron chi connectivity index (χ0n) is 10.1. The molecule has 0 unspecified atom stereocenters. The van der Waals surface area contributed by atoms with Crippen LogP contribution in [0.2, 0.25) is 10.0 Å². The molecule has 0 radical (unpaired) electrons. The molecule has 0 aliphatic rings. The van der Waals surface area contributed by atoms with Gasteiger partial charge in [-0.2, -0.15) is 4.98 Å². The van der Waals surface area contributed by atoms with Gasteiger partial charge in [-0.05, 0) is 29.8 Å². The number of nitrogens with two attached hydrogens (primary N) is 1. The van der Waals surface area contributed by atoms with Crippen LogP contribution in [0.1, 0.15) is 11.4 Å². The van der Waals surface area contributed by atoms with E-state index in [9.17, 15) is 0 Å². The molecule has 7 heteroatoms. The van der Waals surface area contributed by atoms with E-state index in [0.717, 1.165) is 10.4 Å². The quantitative estimate of drug-likeness (QED) is 0.780. The molecule has 1 aromatic carbocycles. The summed E-state index contributed by atoms with van der Waals surface area (Å²) in [6.07, 6.45) is 0.486. The van der Waals surface area contributed by atoms with Gasteiger partial charge in [-0.15, -0.1) is 11.3 Å². The lowest BCUT2D eigenvalue weighted by molar-refractivity contribution is 0.425. The summed E-state index contributed by atoms with van der Waals surface area (Å²) in [5.41, 5.74) is 6.58. The first kappa shape index (κ1) is 13.4. The summed E-state index contributed by atoms with van der Waals surface area (Å²) in [6.45, 7) is 0. The Labute approximate surface area is 129 Å². The fraction of sp³-hybridized carbons (Fsp3) is 0.0769. The number of anilines is 1. The molecule has 3 rings (SSSR count). The monoisotopic (exact) mass is 325 g/mol. The number of hydrogen-bond acceptors (Lipinski definition) is 5. The lowest BCUT2D eigenvalue weighted by atomic mass is 10.1. The van der Waals surface area contributed by atoms with E-state index < -0.39 is 0 Å². The average Bonchev–Trinajstić information content (AvgIpc) is 3.02. The minimum absolute atomic E-state index is 0.465. The van der Waals surface area contributed by atoms with Crippen molar-refractivity contribution in [2.45, 2.75) is 6.42 Å². The van der Waals surface area contributed by atoms with Gasteiger partial charge in [-0.1, -0.05) is 34.4 Å².